The van der Waals surface area contributed by atoms with Crippen LogP contribution in [0.4, 0.5) is 0 Å². The quantitative estimate of drug-likeness (QED) is 0.825. The number of carbonyl (C=O) groups excluding carboxylic acids is 1. The van der Waals surface area contributed by atoms with Crippen LogP contribution in [0.15, 0.2) is 18.5 Å². The van der Waals surface area contributed by atoms with E-state index in [0.717, 1.165) is 5.56 Å². The normalized spacial score (nSPS) is 11.4. The highest BCUT2D eigenvalue weighted by Gasteiger charge is 2.22. The predicted octanol–water partition coefficient (Wildman–Crippen LogP) is 1.81. The van der Waals surface area contributed by atoms with Gasteiger partial charge in [-0.2, -0.15) is 0 Å². The Bertz CT molecular complexity index is 325. The molecule has 0 saturated carbocycles. The third-order valence-corrected chi connectivity index (χ3v) is 2.25. The number of aryl methyl sites for hydroxylation is 1. The van der Waals surface area contributed by atoms with Gasteiger partial charge < -0.3 is 9.88 Å². The molecule has 3 nitrogen and oxygen atoms in total. The number of rotatable bonds is 3. The van der Waals surface area contributed by atoms with Crippen LogP contribution in [0, 0.1) is 0 Å². The average molecular weight is 259 g/mol. The van der Waals surface area contributed by atoms with Gasteiger partial charge in [-0.05, 0) is 25.5 Å². The first-order valence-electron chi connectivity index (χ1n) is 4.47. The summed E-state index contributed by atoms with van der Waals surface area (Å²) < 4.78 is 1.46. The molecular weight excluding hydrogens is 244 g/mol. The van der Waals surface area contributed by atoms with E-state index in [0.29, 0.717) is 6.54 Å². The summed E-state index contributed by atoms with van der Waals surface area (Å²) in [7, 11) is 1.96. The van der Waals surface area contributed by atoms with E-state index >= 15 is 0 Å². The Morgan fingerprint density at radius 2 is 2.29 bits per heavy atom. The van der Waals surface area contributed by atoms with Gasteiger partial charge in [-0.15, -0.1) is 0 Å². The molecule has 78 valence electrons. The number of hydrogen-bond donors (Lipinski definition) is 1. The summed E-state index contributed by atoms with van der Waals surface area (Å²) in [6.45, 7) is 4.23. The summed E-state index contributed by atoms with van der Waals surface area (Å²) in [5.41, 5.74) is 1.11. The minimum atomic E-state index is -0.498. The van der Waals surface area contributed by atoms with Gasteiger partial charge in [-0.1, -0.05) is 15.9 Å². The number of hydrogen-bond acceptors (Lipinski definition) is 1. The fraction of sp³-hybridized carbons (Fsp3) is 0.500. The van der Waals surface area contributed by atoms with Crippen molar-refractivity contribution < 1.29 is 4.79 Å². The third kappa shape index (κ3) is 3.18. The standard InChI is InChI=1S/C10H15BrN2O/c1-10(2,11)9(14)12-6-8-4-5-13(3)7-8/h4-5,7H,6H2,1-3H3,(H,12,14). The zero-order valence-electron chi connectivity index (χ0n) is 8.67. The molecule has 14 heavy (non-hydrogen) atoms. The molecule has 0 atom stereocenters. The van der Waals surface area contributed by atoms with Crippen LogP contribution in [0.1, 0.15) is 19.4 Å². The molecule has 0 saturated heterocycles. The molecule has 0 unspecified atom stereocenters. The Labute approximate surface area is 92.6 Å². The van der Waals surface area contributed by atoms with Crippen molar-refractivity contribution in [2.45, 2.75) is 24.7 Å². The molecule has 0 aromatic carbocycles. The molecule has 1 rings (SSSR count). The van der Waals surface area contributed by atoms with E-state index < -0.39 is 4.32 Å². The maximum absolute atomic E-state index is 11.5. The third-order valence-electron chi connectivity index (χ3n) is 1.89. The Morgan fingerprint density at radius 1 is 1.64 bits per heavy atom. The van der Waals surface area contributed by atoms with E-state index in [9.17, 15) is 4.79 Å². The van der Waals surface area contributed by atoms with Crippen LogP contribution in [0.3, 0.4) is 0 Å². The summed E-state index contributed by atoms with van der Waals surface area (Å²) >= 11 is 3.31. The first kappa shape index (κ1) is 11.3. The zero-order chi connectivity index (χ0) is 10.8. The summed E-state index contributed by atoms with van der Waals surface area (Å²) in [6, 6.07) is 1.99. The number of nitrogens with zero attached hydrogens (tertiary/aromatic N) is 1. The van der Waals surface area contributed by atoms with Gasteiger partial charge in [-0.25, -0.2) is 0 Å². The van der Waals surface area contributed by atoms with Crippen LogP contribution >= 0.6 is 15.9 Å². The minimum absolute atomic E-state index is 0.00125. The second-order valence-corrected chi connectivity index (χ2v) is 5.82. The van der Waals surface area contributed by atoms with Crippen molar-refractivity contribution in [3.63, 3.8) is 0 Å². The van der Waals surface area contributed by atoms with Crippen molar-refractivity contribution in [2.24, 2.45) is 7.05 Å². The van der Waals surface area contributed by atoms with Crippen molar-refractivity contribution in [3.8, 4) is 0 Å². The van der Waals surface area contributed by atoms with E-state index in [1.54, 1.807) is 0 Å². The lowest BCUT2D eigenvalue weighted by molar-refractivity contribution is -0.122. The van der Waals surface area contributed by atoms with E-state index in [-0.39, 0.29) is 5.91 Å². The molecule has 0 spiro atoms. The molecule has 1 amide bonds. The molecule has 1 aromatic heterocycles. The van der Waals surface area contributed by atoms with Gasteiger partial charge in [0.05, 0.1) is 4.32 Å². The number of aromatic nitrogens is 1. The predicted molar refractivity (Wildman–Crippen MR) is 60.3 cm³/mol. The summed E-state index contributed by atoms with van der Waals surface area (Å²) in [5.74, 6) is 0.00125. The fourth-order valence-electron chi connectivity index (χ4n) is 1.06. The SMILES string of the molecule is Cn1ccc(CNC(=O)C(C)(C)Br)c1. The molecule has 0 fully saturated rings. The molecule has 0 aliphatic rings. The average Bonchev–Trinajstić information content (AvgIpc) is 2.45. The summed E-state index contributed by atoms with van der Waals surface area (Å²) in [5, 5.41) is 2.85. The summed E-state index contributed by atoms with van der Waals surface area (Å²) in [4.78, 5) is 11.5. The van der Waals surface area contributed by atoms with Crippen LogP contribution in [-0.4, -0.2) is 14.8 Å². The molecule has 1 aromatic rings. The van der Waals surface area contributed by atoms with E-state index in [1.165, 1.54) is 0 Å². The van der Waals surface area contributed by atoms with Crippen molar-refractivity contribution in [2.75, 3.05) is 0 Å². The number of nitrogens with one attached hydrogen (secondary N) is 1. The first-order chi connectivity index (χ1) is 6.39. The van der Waals surface area contributed by atoms with E-state index in [4.69, 9.17) is 0 Å². The van der Waals surface area contributed by atoms with Gasteiger partial charge >= 0.3 is 0 Å². The molecule has 4 heteroatoms. The van der Waals surface area contributed by atoms with E-state index in [1.807, 2.05) is 43.9 Å². The van der Waals surface area contributed by atoms with Crippen molar-refractivity contribution in [3.05, 3.63) is 24.0 Å². The monoisotopic (exact) mass is 258 g/mol. The lowest BCUT2D eigenvalue weighted by Crippen LogP contribution is -2.36. The van der Waals surface area contributed by atoms with Crippen LogP contribution in [-0.2, 0) is 18.4 Å². The zero-order valence-corrected chi connectivity index (χ0v) is 10.3. The van der Waals surface area contributed by atoms with Crippen LogP contribution in [0.25, 0.3) is 0 Å². The van der Waals surface area contributed by atoms with Gasteiger partial charge in [0.25, 0.3) is 0 Å². The molecule has 1 N–H and O–H groups in total. The Kier molecular flexibility index (Phi) is 3.37. The highest BCUT2D eigenvalue weighted by molar-refractivity contribution is 9.10. The molecular formula is C10H15BrN2O. The lowest BCUT2D eigenvalue weighted by Gasteiger charge is -2.15. The van der Waals surface area contributed by atoms with Gasteiger partial charge in [-0.3, -0.25) is 4.79 Å². The van der Waals surface area contributed by atoms with E-state index in [2.05, 4.69) is 21.2 Å². The molecule has 0 aliphatic heterocycles. The van der Waals surface area contributed by atoms with Crippen LogP contribution in [0.5, 0.6) is 0 Å². The van der Waals surface area contributed by atoms with Gasteiger partial charge in [0, 0.05) is 26.0 Å². The topological polar surface area (TPSA) is 34.0 Å². The fourth-order valence-corrected chi connectivity index (χ4v) is 1.20. The highest BCUT2D eigenvalue weighted by atomic mass is 79.9. The van der Waals surface area contributed by atoms with Crippen molar-refractivity contribution >= 4 is 21.8 Å². The van der Waals surface area contributed by atoms with Crippen LogP contribution < -0.4 is 5.32 Å². The number of alkyl halides is 1. The maximum atomic E-state index is 11.5. The molecule has 1 heterocycles. The smallest absolute Gasteiger partial charge is 0.236 e. The largest absolute Gasteiger partial charge is 0.357 e. The number of amides is 1. The lowest BCUT2D eigenvalue weighted by atomic mass is 10.2. The Morgan fingerprint density at radius 3 is 2.71 bits per heavy atom. The molecule has 0 aliphatic carbocycles. The Hall–Kier alpha value is -0.770. The molecule has 0 bridgehead atoms. The number of carbonyl (C=O) groups is 1. The maximum Gasteiger partial charge on any atom is 0.236 e. The Balaban J connectivity index is 2.46. The summed E-state index contributed by atoms with van der Waals surface area (Å²) in [6.07, 6.45) is 3.95. The first-order valence-corrected chi connectivity index (χ1v) is 5.27. The minimum Gasteiger partial charge on any atom is -0.357 e. The van der Waals surface area contributed by atoms with Crippen molar-refractivity contribution in [1.29, 1.82) is 0 Å². The second kappa shape index (κ2) is 4.17. The van der Waals surface area contributed by atoms with Gasteiger partial charge in [0.15, 0.2) is 0 Å². The molecule has 0 radical (unpaired) electrons. The highest BCUT2D eigenvalue weighted by Crippen LogP contribution is 2.15. The number of halogens is 1. The second-order valence-electron chi connectivity index (χ2n) is 3.84. The van der Waals surface area contributed by atoms with Gasteiger partial charge in [0.2, 0.25) is 5.91 Å². The van der Waals surface area contributed by atoms with Crippen LogP contribution in [0.2, 0.25) is 0 Å². The van der Waals surface area contributed by atoms with Crippen molar-refractivity contribution in [1.82, 2.24) is 9.88 Å². The van der Waals surface area contributed by atoms with Gasteiger partial charge in [0.1, 0.15) is 0 Å².